The van der Waals surface area contributed by atoms with Crippen molar-refractivity contribution in [2.75, 3.05) is 13.7 Å². The van der Waals surface area contributed by atoms with Crippen LogP contribution in [0.25, 0.3) is 11.1 Å². The maximum atomic E-state index is 13.7. The van der Waals surface area contributed by atoms with E-state index >= 15 is 0 Å². The maximum absolute atomic E-state index is 13.7. The minimum atomic E-state index is -1.15. The standard InChI is InChI=1S/C24H25N5O3/c1-3-31-17-5-7-21-19(10-17)24(22(30)29(2)23(26)28-24)18-9-15(4-6-20(18)32-21)16-8-14(11-25)12-27-13-16/h4,6,8-9,12-13,17,19,21H,3,5,7,10H2,1-2H3,(H2,26,28)/t17-,19-,21-,24-/m0/s1. The molecule has 32 heavy (non-hydrogen) atoms. The second kappa shape index (κ2) is 7.61. The Hall–Kier alpha value is -3.44. The molecule has 2 N–H and O–H groups in total. The Morgan fingerprint density at radius 3 is 2.88 bits per heavy atom. The van der Waals surface area contributed by atoms with Crippen molar-refractivity contribution >= 4 is 11.9 Å². The lowest BCUT2D eigenvalue weighted by molar-refractivity contribution is -0.139. The lowest BCUT2D eigenvalue weighted by atomic mass is 9.66. The van der Waals surface area contributed by atoms with Gasteiger partial charge in [0.05, 0.1) is 11.7 Å². The van der Waals surface area contributed by atoms with Crippen molar-refractivity contribution in [1.29, 1.82) is 5.26 Å². The Morgan fingerprint density at radius 1 is 1.31 bits per heavy atom. The zero-order valence-electron chi connectivity index (χ0n) is 18.1. The maximum Gasteiger partial charge on any atom is 0.262 e. The molecule has 1 saturated carbocycles. The van der Waals surface area contributed by atoms with Gasteiger partial charge in [0.25, 0.3) is 5.91 Å². The second-order valence-corrected chi connectivity index (χ2v) is 8.54. The third-order valence-corrected chi connectivity index (χ3v) is 6.81. The van der Waals surface area contributed by atoms with E-state index in [9.17, 15) is 10.1 Å². The lowest BCUT2D eigenvalue weighted by Crippen LogP contribution is -2.55. The Balaban J connectivity index is 1.67. The summed E-state index contributed by atoms with van der Waals surface area (Å²) in [6.07, 6.45) is 5.48. The Bertz CT molecular complexity index is 1160. The molecule has 5 rings (SSSR count). The van der Waals surface area contributed by atoms with Gasteiger partial charge in [-0.25, -0.2) is 4.99 Å². The number of pyridine rings is 1. The summed E-state index contributed by atoms with van der Waals surface area (Å²) >= 11 is 0. The van der Waals surface area contributed by atoms with Crippen molar-refractivity contribution in [3.05, 3.63) is 47.8 Å². The first-order valence-electron chi connectivity index (χ1n) is 10.9. The number of hydrogen-bond acceptors (Lipinski definition) is 7. The first kappa shape index (κ1) is 20.5. The van der Waals surface area contributed by atoms with Crippen LogP contribution in [-0.4, -0.2) is 47.6 Å². The van der Waals surface area contributed by atoms with Crippen LogP contribution in [0.2, 0.25) is 0 Å². The van der Waals surface area contributed by atoms with Gasteiger partial charge in [-0.05, 0) is 49.9 Å². The predicted molar refractivity (Wildman–Crippen MR) is 118 cm³/mol. The van der Waals surface area contributed by atoms with Gasteiger partial charge in [0.1, 0.15) is 17.9 Å². The van der Waals surface area contributed by atoms with E-state index in [1.165, 1.54) is 11.1 Å². The van der Waals surface area contributed by atoms with Crippen molar-refractivity contribution in [1.82, 2.24) is 9.88 Å². The largest absolute Gasteiger partial charge is 0.490 e. The summed E-state index contributed by atoms with van der Waals surface area (Å²) in [5.74, 6) is 0.524. The van der Waals surface area contributed by atoms with Crippen molar-refractivity contribution < 1.29 is 14.3 Å². The summed E-state index contributed by atoms with van der Waals surface area (Å²) in [7, 11) is 1.66. The minimum absolute atomic E-state index is 0.0538. The molecule has 1 aromatic carbocycles. The van der Waals surface area contributed by atoms with E-state index in [0.29, 0.717) is 29.9 Å². The molecule has 1 amide bonds. The second-order valence-electron chi connectivity index (χ2n) is 8.54. The van der Waals surface area contributed by atoms with Gasteiger partial charge in [-0.2, -0.15) is 5.26 Å². The number of nitrogens with two attached hydrogens (primary N) is 1. The Morgan fingerprint density at radius 2 is 2.16 bits per heavy atom. The third-order valence-electron chi connectivity index (χ3n) is 6.81. The number of benzene rings is 1. The highest BCUT2D eigenvalue weighted by molar-refractivity contribution is 6.07. The molecule has 4 atom stereocenters. The average molecular weight is 431 g/mol. The number of fused-ring (bicyclic) bond motifs is 4. The molecule has 0 saturated heterocycles. The zero-order valence-corrected chi connectivity index (χ0v) is 18.1. The van der Waals surface area contributed by atoms with E-state index in [4.69, 9.17) is 20.2 Å². The van der Waals surface area contributed by atoms with Gasteiger partial charge in [-0.3, -0.25) is 14.7 Å². The number of ether oxygens (including phenoxy) is 2. The molecule has 1 aromatic heterocycles. The van der Waals surface area contributed by atoms with Crippen LogP contribution in [0.4, 0.5) is 0 Å². The van der Waals surface area contributed by atoms with Gasteiger partial charge < -0.3 is 15.2 Å². The highest BCUT2D eigenvalue weighted by atomic mass is 16.5. The van der Waals surface area contributed by atoms with Gasteiger partial charge in [-0.15, -0.1) is 0 Å². The summed E-state index contributed by atoms with van der Waals surface area (Å²) < 4.78 is 12.3. The van der Waals surface area contributed by atoms with Crippen molar-refractivity contribution in [3.63, 3.8) is 0 Å². The number of likely N-dealkylation sites (N-methyl/N-ethyl adjacent to an activating group) is 1. The van der Waals surface area contributed by atoms with Crippen molar-refractivity contribution in [2.24, 2.45) is 16.6 Å². The van der Waals surface area contributed by atoms with E-state index in [2.05, 4.69) is 11.1 Å². The van der Waals surface area contributed by atoms with Crippen molar-refractivity contribution in [3.8, 4) is 22.9 Å². The molecule has 3 heterocycles. The fourth-order valence-corrected chi connectivity index (χ4v) is 5.28. The van der Waals surface area contributed by atoms with Crippen LogP contribution in [0.15, 0.2) is 41.7 Å². The summed E-state index contributed by atoms with van der Waals surface area (Å²) in [5, 5.41) is 9.26. The number of hydrogen-bond donors (Lipinski definition) is 1. The number of aromatic nitrogens is 1. The number of nitriles is 1. The van der Waals surface area contributed by atoms with Crippen LogP contribution in [0.5, 0.6) is 5.75 Å². The third kappa shape index (κ3) is 2.96. The van der Waals surface area contributed by atoms with Crippen LogP contribution < -0.4 is 10.5 Å². The summed E-state index contributed by atoms with van der Waals surface area (Å²) in [6.45, 7) is 2.60. The van der Waals surface area contributed by atoms with Crippen LogP contribution in [0.3, 0.4) is 0 Å². The molecular weight excluding hydrogens is 406 g/mol. The molecule has 0 bridgehead atoms. The quantitative estimate of drug-likeness (QED) is 0.799. The number of carbonyl (C=O) groups excluding carboxylic acids is 1. The molecule has 1 aliphatic carbocycles. The normalized spacial score (nSPS) is 28.5. The molecule has 8 heteroatoms. The monoisotopic (exact) mass is 431 g/mol. The zero-order chi connectivity index (χ0) is 22.5. The van der Waals surface area contributed by atoms with Gasteiger partial charge >= 0.3 is 0 Å². The molecule has 164 valence electrons. The first-order valence-corrected chi connectivity index (χ1v) is 10.9. The van der Waals surface area contributed by atoms with Gasteiger partial charge in [0.2, 0.25) is 0 Å². The number of amides is 1. The van der Waals surface area contributed by atoms with Gasteiger partial charge in [0, 0.05) is 43.1 Å². The summed E-state index contributed by atoms with van der Waals surface area (Å²) in [4.78, 5) is 24.1. The summed E-state index contributed by atoms with van der Waals surface area (Å²) in [5.41, 5.74) is 7.82. The topological polar surface area (TPSA) is 114 Å². The molecule has 0 unspecified atom stereocenters. The molecule has 8 nitrogen and oxygen atoms in total. The Labute approximate surface area is 186 Å². The van der Waals surface area contributed by atoms with E-state index in [0.717, 1.165) is 24.0 Å². The number of guanidine groups is 1. The fourth-order valence-electron chi connectivity index (χ4n) is 5.28. The van der Waals surface area contributed by atoms with Crippen LogP contribution in [0.1, 0.15) is 37.3 Å². The number of aliphatic imine (C=N–C) groups is 1. The molecule has 3 aliphatic rings. The van der Waals surface area contributed by atoms with Crippen molar-refractivity contribution in [2.45, 2.75) is 43.9 Å². The van der Waals surface area contributed by atoms with Gasteiger partial charge in [-0.1, -0.05) is 6.07 Å². The fraction of sp³-hybridized carbons (Fsp3) is 0.417. The molecule has 2 aliphatic heterocycles. The number of nitrogens with zero attached hydrogens (tertiary/aromatic N) is 4. The van der Waals surface area contributed by atoms with E-state index in [1.807, 2.05) is 25.1 Å². The van der Waals surface area contributed by atoms with E-state index < -0.39 is 5.54 Å². The molecule has 2 aromatic rings. The van der Waals surface area contributed by atoms with Gasteiger partial charge in [0.15, 0.2) is 11.5 Å². The highest BCUT2D eigenvalue weighted by Gasteiger charge is 2.61. The molecule has 1 spiro atoms. The highest BCUT2D eigenvalue weighted by Crippen LogP contribution is 2.54. The van der Waals surface area contributed by atoms with Crippen LogP contribution >= 0.6 is 0 Å². The predicted octanol–water partition coefficient (Wildman–Crippen LogP) is 2.57. The SMILES string of the molecule is CCO[C@H]1CC[C@@H]2Oc3ccc(-c4cncc(C#N)c4)cc3[C@]3(N=C(N)N(C)C3=O)[C@H]2C1. The smallest absolute Gasteiger partial charge is 0.262 e. The van der Waals surface area contributed by atoms with Crippen LogP contribution in [-0.2, 0) is 15.1 Å². The molecule has 1 fully saturated rings. The first-order chi connectivity index (χ1) is 15.5. The van der Waals surface area contributed by atoms with Crippen LogP contribution in [0, 0.1) is 17.2 Å². The average Bonchev–Trinajstić information content (AvgIpc) is 3.04. The van der Waals surface area contributed by atoms with E-state index in [1.54, 1.807) is 19.3 Å². The van der Waals surface area contributed by atoms with E-state index in [-0.39, 0.29) is 30.0 Å². The molecular formula is C24H25N5O3. The lowest BCUT2D eigenvalue weighted by Gasteiger charge is -2.47. The Kier molecular flexibility index (Phi) is 4.86. The molecule has 0 radical (unpaired) electrons. The number of carbonyl (C=O) groups is 1. The summed E-state index contributed by atoms with van der Waals surface area (Å²) in [6, 6.07) is 9.64. The minimum Gasteiger partial charge on any atom is -0.490 e. The number of rotatable bonds is 3.